The third-order valence-corrected chi connectivity index (χ3v) is 5.25. The lowest BCUT2D eigenvalue weighted by Crippen LogP contribution is -2.12. The van der Waals surface area contributed by atoms with Crippen molar-refractivity contribution in [1.29, 1.82) is 0 Å². The fourth-order valence-corrected chi connectivity index (χ4v) is 3.57. The first-order chi connectivity index (χ1) is 11.5. The van der Waals surface area contributed by atoms with Gasteiger partial charge in [-0.25, -0.2) is 4.98 Å². The summed E-state index contributed by atoms with van der Waals surface area (Å²) >= 11 is 1.47. The zero-order valence-corrected chi connectivity index (χ0v) is 14.9. The van der Waals surface area contributed by atoms with Gasteiger partial charge in [0.1, 0.15) is 4.88 Å². The molecule has 1 amide bonds. The number of thiazole rings is 1. The van der Waals surface area contributed by atoms with Crippen LogP contribution in [0.25, 0.3) is 0 Å². The number of nitrogens with zero attached hydrogens (tertiary/aromatic N) is 1. The summed E-state index contributed by atoms with van der Waals surface area (Å²) in [7, 11) is 0. The Hall–Kier alpha value is -2.46. The summed E-state index contributed by atoms with van der Waals surface area (Å²) in [5.74, 6) is -0.0852. The predicted molar refractivity (Wildman–Crippen MR) is 100.0 cm³/mol. The van der Waals surface area contributed by atoms with Gasteiger partial charge in [0.05, 0.1) is 10.7 Å². The molecular weight excluding hydrogens is 316 g/mol. The summed E-state index contributed by atoms with van der Waals surface area (Å²) in [5, 5.41) is 3.98. The zero-order valence-electron chi connectivity index (χ0n) is 14.1. The lowest BCUT2D eigenvalue weighted by molar-refractivity contribution is 0.102. The Morgan fingerprint density at radius 3 is 2.54 bits per heavy atom. The van der Waals surface area contributed by atoms with Gasteiger partial charge in [0.15, 0.2) is 0 Å². The molecule has 2 aromatic carbocycles. The van der Waals surface area contributed by atoms with E-state index >= 15 is 0 Å². The van der Waals surface area contributed by atoms with Crippen molar-refractivity contribution >= 4 is 22.9 Å². The normalized spacial score (nSPS) is 10.6. The highest BCUT2D eigenvalue weighted by molar-refractivity contribution is 7.14. The van der Waals surface area contributed by atoms with E-state index in [1.54, 1.807) is 0 Å². The Labute approximate surface area is 146 Å². The maximum absolute atomic E-state index is 12.6. The first kappa shape index (κ1) is 16.4. The molecule has 0 bridgehead atoms. The van der Waals surface area contributed by atoms with E-state index in [0.29, 0.717) is 4.88 Å². The molecule has 0 saturated heterocycles. The van der Waals surface area contributed by atoms with E-state index in [1.807, 2.05) is 57.2 Å². The van der Waals surface area contributed by atoms with Crippen molar-refractivity contribution in [2.75, 3.05) is 5.32 Å². The molecule has 0 fully saturated rings. The number of amides is 1. The van der Waals surface area contributed by atoms with Crippen molar-refractivity contribution in [3.05, 3.63) is 80.8 Å². The van der Waals surface area contributed by atoms with E-state index in [-0.39, 0.29) is 5.91 Å². The second kappa shape index (κ2) is 6.97. The second-order valence-corrected chi connectivity index (χ2v) is 6.97. The highest BCUT2D eigenvalue weighted by Gasteiger charge is 2.16. The Balaban J connectivity index is 1.79. The first-order valence-electron chi connectivity index (χ1n) is 7.92. The molecule has 0 spiro atoms. The van der Waals surface area contributed by atoms with Crippen molar-refractivity contribution in [2.24, 2.45) is 0 Å². The SMILES string of the molecule is Cc1cccc(NC(=O)c2sc(Cc3ccccc3)nc2C)c1C. The lowest BCUT2D eigenvalue weighted by atomic mass is 10.1. The van der Waals surface area contributed by atoms with Gasteiger partial charge in [0.25, 0.3) is 5.91 Å². The van der Waals surface area contributed by atoms with Gasteiger partial charge in [-0.1, -0.05) is 42.5 Å². The summed E-state index contributed by atoms with van der Waals surface area (Å²) in [5.41, 5.74) is 5.11. The van der Waals surface area contributed by atoms with Crippen molar-refractivity contribution in [3.8, 4) is 0 Å². The Morgan fingerprint density at radius 2 is 1.79 bits per heavy atom. The van der Waals surface area contributed by atoms with E-state index in [0.717, 1.165) is 28.4 Å². The minimum Gasteiger partial charge on any atom is -0.321 e. The Kier molecular flexibility index (Phi) is 4.76. The summed E-state index contributed by atoms with van der Waals surface area (Å²) in [6, 6.07) is 16.1. The van der Waals surface area contributed by atoms with Crippen LogP contribution in [0.4, 0.5) is 5.69 Å². The van der Waals surface area contributed by atoms with E-state index < -0.39 is 0 Å². The largest absolute Gasteiger partial charge is 0.321 e. The van der Waals surface area contributed by atoms with Crippen molar-refractivity contribution in [2.45, 2.75) is 27.2 Å². The molecule has 0 saturated carbocycles. The third kappa shape index (κ3) is 3.54. The number of anilines is 1. The number of hydrogen-bond donors (Lipinski definition) is 1. The number of hydrogen-bond acceptors (Lipinski definition) is 3. The Morgan fingerprint density at radius 1 is 1.04 bits per heavy atom. The monoisotopic (exact) mass is 336 g/mol. The molecule has 1 heterocycles. The molecule has 122 valence electrons. The van der Waals surface area contributed by atoms with Crippen LogP contribution in [-0.4, -0.2) is 10.9 Å². The van der Waals surface area contributed by atoms with Crippen LogP contribution in [0.3, 0.4) is 0 Å². The molecule has 0 aliphatic heterocycles. The summed E-state index contributed by atoms with van der Waals surface area (Å²) in [6.45, 7) is 5.95. The van der Waals surface area contributed by atoms with Crippen LogP contribution in [0.1, 0.15) is 37.1 Å². The Bertz CT molecular complexity index is 869. The number of carbonyl (C=O) groups is 1. The first-order valence-corrected chi connectivity index (χ1v) is 8.74. The number of aromatic nitrogens is 1. The van der Waals surface area contributed by atoms with Gasteiger partial charge in [-0.05, 0) is 43.5 Å². The van der Waals surface area contributed by atoms with Crippen LogP contribution < -0.4 is 5.32 Å². The molecule has 3 nitrogen and oxygen atoms in total. The molecule has 4 heteroatoms. The highest BCUT2D eigenvalue weighted by atomic mass is 32.1. The van der Waals surface area contributed by atoms with Gasteiger partial charge in [-0.2, -0.15) is 0 Å². The summed E-state index contributed by atoms with van der Waals surface area (Å²) < 4.78 is 0. The minimum atomic E-state index is -0.0852. The molecule has 24 heavy (non-hydrogen) atoms. The van der Waals surface area contributed by atoms with Crippen molar-refractivity contribution in [1.82, 2.24) is 4.98 Å². The minimum absolute atomic E-state index is 0.0852. The molecular formula is C20H20N2OS. The van der Waals surface area contributed by atoms with Gasteiger partial charge in [0, 0.05) is 12.1 Å². The predicted octanol–water partition coefficient (Wildman–Crippen LogP) is 4.91. The average Bonchev–Trinajstić information content (AvgIpc) is 2.93. The molecule has 3 rings (SSSR count). The number of aryl methyl sites for hydroxylation is 2. The smallest absolute Gasteiger partial charge is 0.267 e. The molecule has 0 atom stereocenters. The van der Waals surface area contributed by atoms with Crippen molar-refractivity contribution < 1.29 is 4.79 Å². The summed E-state index contributed by atoms with van der Waals surface area (Å²) in [6.07, 6.45) is 0.753. The quantitative estimate of drug-likeness (QED) is 0.735. The fraction of sp³-hybridized carbons (Fsp3) is 0.200. The van der Waals surface area contributed by atoms with Gasteiger partial charge in [0.2, 0.25) is 0 Å². The maximum Gasteiger partial charge on any atom is 0.267 e. The van der Waals surface area contributed by atoms with Gasteiger partial charge < -0.3 is 5.32 Å². The topological polar surface area (TPSA) is 42.0 Å². The van der Waals surface area contributed by atoms with Crippen LogP contribution in [0.2, 0.25) is 0 Å². The average molecular weight is 336 g/mol. The molecule has 0 aliphatic rings. The number of benzene rings is 2. The van der Waals surface area contributed by atoms with Crippen LogP contribution in [0.5, 0.6) is 0 Å². The van der Waals surface area contributed by atoms with Crippen LogP contribution >= 0.6 is 11.3 Å². The number of carbonyl (C=O) groups excluding carboxylic acids is 1. The third-order valence-electron chi connectivity index (χ3n) is 4.10. The molecule has 0 radical (unpaired) electrons. The van der Waals surface area contributed by atoms with Gasteiger partial charge in [-0.3, -0.25) is 4.79 Å². The van der Waals surface area contributed by atoms with Crippen molar-refractivity contribution in [3.63, 3.8) is 0 Å². The molecule has 1 N–H and O–H groups in total. The van der Waals surface area contributed by atoms with Crippen LogP contribution in [0, 0.1) is 20.8 Å². The number of nitrogens with one attached hydrogen (secondary N) is 1. The van der Waals surface area contributed by atoms with Gasteiger partial charge in [-0.15, -0.1) is 11.3 Å². The van der Waals surface area contributed by atoms with Gasteiger partial charge >= 0.3 is 0 Å². The molecule has 1 aromatic heterocycles. The lowest BCUT2D eigenvalue weighted by Gasteiger charge is -2.09. The second-order valence-electron chi connectivity index (χ2n) is 5.89. The molecule has 0 aliphatic carbocycles. The van der Waals surface area contributed by atoms with E-state index in [2.05, 4.69) is 22.4 Å². The zero-order chi connectivity index (χ0) is 17.1. The van der Waals surface area contributed by atoms with E-state index in [9.17, 15) is 4.79 Å². The van der Waals surface area contributed by atoms with Crippen LogP contribution in [0.15, 0.2) is 48.5 Å². The highest BCUT2D eigenvalue weighted by Crippen LogP contribution is 2.24. The maximum atomic E-state index is 12.6. The van der Waals surface area contributed by atoms with E-state index in [1.165, 1.54) is 22.5 Å². The van der Waals surface area contributed by atoms with E-state index in [4.69, 9.17) is 0 Å². The standard InChI is InChI=1S/C20H20N2OS/c1-13-8-7-11-17(14(13)2)22-20(23)19-15(3)21-18(24-19)12-16-9-5-4-6-10-16/h4-11H,12H2,1-3H3,(H,22,23). The molecule has 3 aromatic rings. The molecule has 0 unspecified atom stereocenters. The summed E-state index contributed by atoms with van der Waals surface area (Å²) in [4.78, 5) is 17.9. The number of rotatable bonds is 4. The fourth-order valence-electron chi connectivity index (χ4n) is 2.57. The van der Waals surface area contributed by atoms with Crippen LogP contribution in [-0.2, 0) is 6.42 Å².